The number of pyridine rings is 1. The molecular weight excluding hydrogens is 640 g/mol. The lowest BCUT2D eigenvalue weighted by Gasteiger charge is -2.44. The van der Waals surface area contributed by atoms with Gasteiger partial charge in [0, 0.05) is 24.1 Å². The van der Waals surface area contributed by atoms with Crippen molar-refractivity contribution in [3.05, 3.63) is 59.2 Å². The first kappa shape index (κ1) is 33.0. The molecule has 0 radical (unpaired) electrons. The first-order chi connectivity index (χ1) is 20.7. The van der Waals surface area contributed by atoms with Gasteiger partial charge in [-0.3, -0.25) is 14.0 Å². The first-order valence-corrected chi connectivity index (χ1v) is 15.0. The number of hydrazine groups is 1. The summed E-state index contributed by atoms with van der Waals surface area (Å²) >= 11 is 0. The van der Waals surface area contributed by atoms with E-state index < -0.39 is 68.7 Å². The monoisotopic (exact) mass is 668 g/mol. The Hall–Kier alpha value is -3.34. The van der Waals surface area contributed by atoms with Gasteiger partial charge in [-0.25, -0.2) is 23.6 Å². The quantitative estimate of drug-likeness (QED) is 0.459. The number of amides is 3. The van der Waals surface area contributed by atoms with Gasteiger partial charge in [0.05, 0.1) is 46.0 Å². The summed E-state index contributed by atoms with van der Waals surface area (Å²) in [6, 6.07) is 3.20. The maximum atomic E-state index is 14.9. The first-order valence-electron chi connectivity index (χ1n) is 13.8. The van der Waals surface area contributed by atoms with Gasteiger partial charge >= 0.3 is 24.1 Å². The highest BCUT2D eigenvalue weighted by molar-refractivity contribution is 7.86. The number of β-amino-alcohol motifs (C(OH)–C–C–N with tert-alkyl or cyclic N) is 1. The minimum atomic E-state index is -6.39. The average Bonchev–Trinajstić information content (AvgIpc) is 3.51. The third kappa shape index (κ3) is 5.34. The van der Waals surface area contributed by atoms with E-state index in [9.17, 15) is 54.0 Å². The van der Waals surface area contributed by atoms with E-state index in [1.165, 1.54) is 30.9 Å². The third-order valence-electron chi connectivity index (χ3n) is 8.38. The second-order valence-electron chi connectivity index (χ2n) is 11.9. The van der Waals surface area contributed by atoms with Crippen LogP contribution in [0.5, 0.6) is 0 Å². The molecule has 8 nitrogen and oxygen atoms in total. The van der Waals surface area contributed by atoms with Gasteiger partial charge in [-0.05, 0) is 74.6 Å². The predicted octanol–water partition coefficient (Wildman–Crippen LogP) is 4.87. The molecule has 0 bridgehead atoms. The van der Waals surface area contributed by atoms with Crippen molar-refractivity contribution in [2.75, 3.05) is 19.6 Å². The molecule has 1 aromatic heterocycles. The molecule has 1 aliphatic carbocycles. The van der Waals surface area contributed by atoms with Crippen molar-refractivity contribution >= 4 is 22.7 Å². The fraction of sp³-hybridized carbons (Fsp3) is 0.536. The van der Waals surface area contributed by atoms with Crippen LogP contribution in [0, 0.1) is 5.82 Å². The van der Waals surface area contributed by atoms with Crippen LogP contribution in [-0.4, -0.2) is 84.8 Å². The summed E-state index contributed by atoms with van der Waals surface area (Å²) in [6.45, 7) is 2.55. The van der Waals surface area contributed by atoms with Crippen LogP contribution in [0.2, 0.25) is 0 Å². The summed E-state index contributed by atoms with van der Waals surface area (Å²) in [5.74, 6) is -1.09. The number of carbonyl (C=O) groups is 2. The Morgan fingerprint density at radius 1 is 1.04 bits per heavy atom. The standard InChI is InChI=1S/C28H28F8N4O4S/c1-24(2,43)15-40-22(41)9-11-39(40)23(42)38-12-10-25(45(44)18-6-4-17(29)5-7-18)19-14-37-20(13-16(19)3-8-21(25)38)26(30,27(31,32)33)28(34,35)36/h4-7,13-14,21,43H,3,8-12,15H2,1-2H3. The van der Waals surface area contributed by atoms with Crippen molar-refractivity contribution in [1.29, 1.82) is 0 Å². The van der Waals surface area contributed by atoms with Crippen molar-refractivity contribution in [3.63, 3.8) is 0 Å². The van der Waals surface area contributed by atoms with E-state index in [2.05, 4.69) is 4.98 Å². The van der Waals surface area contributed by atoms with Gasteiger partial charge < -0.3 is 10.0 Å². The number of hydrogen-bond acceptors (Lipinski definition) is 5. The molecule has 2 fully saturated rings. The van der Waals surface area contributed by atoms with Gasteiger partial charge in [0.1, 0.15) is 5.82 Å². The minimum absolute atomic E-state index is 0.0278. The van der Waals surface area contributed by atoms with Gasteiger partial charge in [0.2, 0.25) is 5.91 Å². The molecule has 3 atom stereocenters. The molecule has 5 rings (SSSR count). The zero-order valence-corrected chi connectivity index (χ0v) is 24.7. The summed E-state index contributed by atoms with van der Waals surface area (Å²) in [5, 5.41) is 12.5. The van der Waals surface area contributed by atoms with Gasteiger partial charge in [0.25, 0.3) is 0 Å². The van der Waals surface area contributed by atoms with Gasteiger partial charge in [-0.1, -0.05) is 0 Å². The molecule has 45 heavy (non-hydrogen) atoms. The molecule has 3 unspecified atom stereocenters. The lowest BCUT2D eigenvalue weighted by Crippen LogP contribution is -2.57. The van der Waals surface area contributed by atoms with Gasteiger partial charge in [-0.15, -0.1) is 0 Å². The molecule has 2 saturated heterocycles. The second kappa shape index (κ2) is 10.9. The van der Waals surface area contributed by atoms with E-state index in [1.807, 2.05) is 0 Å². The van der Waals surface area contributed by atoms with Crippen LogP contribution in [0.4, 0.5) is 39.9 Å². The van der Waals surface area contributed by atoms with Gasteiger partial charge in [0.15, 0.2) is 0 Å². The molecule has 3 heterocycles. The van der Waals surface area contributed by atoms with Crippen molar-refractivity contribution in [2.45, 2.75) is 78.8 Å². The summed E-state index contributed by atoms with van der Waals surface area (Å²) in [4.78, 5) is 31.2. The Labute approximate surface area is 254 Å². The molecule has 246 valence electrons. The van der Waals surface area contributed by atoms with Crippen molar-refractivity contribution in [2.24, 2.45) is 0 Å². The number of aromatic nitrogens is 1. The SMILES string of the molecule is CC(C)(O)CN1C(=O)CCN1C(=O)N1CCC2(S(=O)c3ccc(F)cc3)c3cnc(C(F)(C(F)(F)F)C(F)(F)F)cc3CCC12. The molecule has 17 heteroatoms. The van der Waals surface area contributed by atoms with Crippen LogP contribution >= 0.6 is 0 Å². The highest BCUT2D eigenvalue weighted by Crippen LogP contribution is 2.55. The van der Waals surface area contributed by atoms with Crippen LogP contribution in [0.1, 0.15) is 49.9 Å². The Morgan fingerprint density at radius 2 is 1.67 bits per heavy atom. The fourth-order valence-corrected chi connectivity index (χ4v) is 8.32. The highest BCUT2D eigenvalue weighted by Gasteiger charge is 2.75. The van der Waals surface area contributed by atoms with E-state index >= 15 is 0 Å². The maximum Gasteiger partial charge on any atom is 0.437 e. The number of urea groups is 1. The minimum Gasteiger partial charge on any atom is -0.389 e. The molecule has 0 spiro atoms. The Kier molecular flexibility index (Phi) is 7.99. The molecule has 1 aromatic carbocycles. The zero-order valence-electron chi connectivity index (χ0n) is 23.9. The number of benzene rings is 1. The zero-order chi connectivity index (χ0) is 33.3. The van der Waals surface area contributed by atoms with Crippen molar-refractivity contribution < 1.29 is 54.0 Å². The molecular formula is C28H28F8N4O4S. The second-order valence-corrected chi connectivity index (χ2v) is 13.6. The smallest absolute Gasteiger partial charge is 0.389 e. The van der Waals surface area contributed by atoms with E-state index in [-0.39, 0.29) is 61.3 Å². The summed E-state index contributed by atoms with van der Waals surface area (Å²) < 4.78 is 123. The molecule has 1 N–H and O–H groups in total. The van der Waals surface area contributed by atoms with Crippen LogP contribution in [0.3, 0.4) is 0 Å². The number of hydrogen-bond donors (Lipinski definition) is 1. The number of aryl methyl sites for hydroxylation is 1. The normalized spacial score (nSPS) is 23.3. The average molecular weight is 669 g/mol. The third-order valence-corrected chi connectivity index (χ3v) is 10.4. The number of fused-ring (bicyclic) bond motifs is 3. The Bertz CT molecular complexity index is 1510. The summed E-state index contributed by atoms with van der Waals surface area (Å²) in [5.41, 5.74) is -9.26. The number of rotatable bonds is 5. The van der Waals surface area contributed by atoms with Crippen LogP contribution in [0.15, 0.2) is 41.4 Å². The van der Waals surface area contributed by atoms with Gasteiger partial charge in [-0.2, -0.15) is 26.3 Å². The van der Waals surface area contributed by atoms with E-state index in [0.717, 1.165) is 22.2 Å². The van der Waals surface area contributed by atoms with Crippen molar-refractivity contribution in [3.8, 4) is 0 Å². The summed E-state index contributed by atoms with van der Waals surface area (Å²) in [6.07, 6.45) is -12.6. The number of aliphatic hydroxyl groups is 1. The Balaban J connectivity index is 1.61. The predicted molar refractivity (Wildman–Crippen MR) is 142 cm³/mol. The molecule has 3 aliphatic rings. The van der Waals surface area contributed by atoms with E-state index in [1.54, 1.807) is 0 Å². The van der Waals surface area contributed by atoms with Crippen molar-refractivity contribution in [1.82, 2.24) is 19.9 Å². The molecule has 3 amide bonds. The Morgan fingerprint density at radius 3 is 2.24 bits per heavy atom. The van der Waals surface area contributed by atoms with Crippen LogP contribution in [0.25, 0.3) is 0 Å². The fourth-order valence-electron chi connectivity index (χ4n) is 6.37. The largest absolute Gasteiger partial charge is 0.437 e. The molecule has 2 aliphatic heterocycles. The lowest BCUT2D eigenvalue weighted by molar-refractivity contribution is -0.350. The molecule has 0 saturated carbocycles. The number of halogens is 8. The lowest BCUT2D eigenvalue weighted by atomic mass is 9.78. The number of alkyl halides is 7. The van der Waals surface area contributed by atoms with E-state index in [0.29, 0.717) is 12.3 Å². The van der Waals surface area contributed by atoms with E-state index in [4.69, 9.17) is 0 Å². The maximum absolute atomic E-state index is 14.9. The number of carbonyl (C=O) groups excluding carboxylic acids is 2. The number of likely N-dealkylation sites (tertiary alicyclic amines) is 1. The van der Waals surface area contributed by atoms with Crippen LogP contribution < -0.4 is 0 Å². The number of nitrogens with zero attached hydrogens (tertiary/aromatic N) is 4. The molecule has 2 aromatic rings. The van der Waals surface area contributed by atoms with Crippen LogP contribution in [-0.2, 0) is 32.4 Å². The topological polar surface area (TPSA) is 94.0 Å². The highest BCUT2D eigenvalue weighted by atomic mass is 32.2. The summed E-state index contributed by atoms with van der Waals surface area (Å²) in [7, 11) is -2.18.